The molecule has 0 radical (unpaired) electrons. The van der Waals surface area contributed by atoms with Gasteiger partial charge < -0.3 is 13.4 Å². The van der Waals surface area contributed by atoms with E-state index < -0.39 is 0 Å². The van der Waals surface area contributed by atoms with Crippen LogP contribution < -0.4 is 0 Å². The number of aromatic nitrogens is 1. The fourth-order valence-electron chi connectivity index (χ4n) is 8.75. The van der Waals surface area contributed by atoms with E-state index in [4.69, 9.17) is 8.83 Å². The van der Waals surface area contributed by atoms with Crippen LogP contribution in [0.25, 0.3) is 116 Å². The van der Waals surface area contributed by atoms with Crippen LogP contribution in [0, 0.1) is 0 Å². The molecule has 0 unspecified atom stereocenters. The van der Waals surface area contributed by atoms with Crippen LogP contribution in [0.4, 0.5) is 0 Å². The maximum absolute atomic E-state index is 6.75. The summed E-state index contributed by atoms with van der Waals surface area (Å²) in [4.78, 5) is 0. The molecule has 8 aromatic carbocycles. The molecule has 0 spiro atoms. The Hall–Kier alpha value is -6.58. The van der Waals surface area contributed by atoms with Crippen LogP contribution in [0.1, 0.15) is 0 Å². The molecule has 1 aliphatic rings. The van der Waals surface area contributed by atoms with Crippen molar-refractivity contribution in [2.24, 2.45) is 0 Å². The Morgan fingerprint density at radius 3 is 1.69 bits per heavy atom. The maximum Gasteiger partial charge on any atom is 0.149 e. The molecular weight excluding hydrogens is 599 g/mol. The minimum atomic E-state index is 0.861. The smallest absolute Gasteiger partial charge is 0.149 e. The number of para-hydroxylation sites is 3. The van der Waals surface area contributed by atoms with Gasteiger partial charge >= 0.3 is 0 Å². The highest BCUT2D eigenvalue weighted by molar-refractivity contribution is 6.37. The summed E-state index contributed by atoms with van der Waals surface area (Å²) in [7, 11) is 0. The molecule has 1 aliphatic carbocycles. The largest absolute Gasteiger partial charge is 0.455 e. The predicted molar refractivity (Wildman–Crippen MR) is 203 cm³/mol. The standard InChI is InChI=1S/C46H25NO2/c1-2-14-30-29(13-1)32-19-10-18-31-28(23-24-33(30)40(31)32)26-11-9-12-27(25-26)47-37-20-6-3-15-34(37)41-44(47)42-35-16-4-7-21-38(35)48-46(42)43-36-17-5-8-22-39(36)49-45(41)43/h1-25H. The molecule has 0 bridgehead atoms. The number of fused-ring (bicyclic) bond motifs is 15. The Morgan fingerprint density at radius 1 is 0.367 bits per heavy atom. The highest BCUT2D eigenvalue weighted by Crippen LogP contribution is 2.51. The summed E-state index contributed by atoms with van der Waals surface area (Å²) >= 11 is 0. The van der Waals surface area contributed by atoms with Gasteiger partial charge in [-0.05, 0) is 74.5 Å². The van der Waals surface area contributed by atoms with Gasteiger partial charge in [-0.3, -0.25) is 0 Å². The first kappa shape index (κ1) is 25.5. The van der Waals surface area contributed by atoms with E-state index in [1.807, 2.05) is 12.1 Å². The van der Waals surface area contributed by atoms with Gasteiger partial charge in [0, 0.05) is 21.8 Å². The van der Waals surface area contributed by atoms with E-state index in [0.717, 1.165) is 71.4 Å². The van der Waals surface area contributed by atoms with E-state index in [1.165, 1.54) is 44.2 Å². The van der Waals surface area contributed by atoms with Crippen molar-refractivity contribution in [2.45, 2.75) is 0 Å². The Kier molecular flexibility index (Phi) is 4.72. The van der Waals surface area contributed by atoms with E-state index in [9.17, 15) is 0 Å². The van der Waals surface area contributed by atoms with Crippen LogP contribution in [0.2, 0.25) is 0 Å². The van der Waals surface area contributed by atoms with E-state index in [1.54, 1.807) is 0 Å². The summed E-state index contributed by atoms with van der Waals surface area (Å²) in [5.74, 6) is 0. The van der Waals surface area contributed by atoms with Crippen molar-refractivity contribution in [2.75, 3.05) is 0 Å². The lowest BCUT2D eigenvalue weighted by Gasteiger charge is -2.13. The van der Waals surface area contributed by atoms with Crippen molar-refractivity contribution in [3.05, 3.63) is 152 Å². The average Bonchev–Trinajstić information content (AvgIpc) is 3.90. The fourth-order valence-corrected chi connectivity index (χ4v) is 8.75. The topological polar surface area (TPSA) is 31.2 Å². The first-order valence-corrected chi connectivity index (χ1v) is 16.8. The minimum Gasteiger partial charge on any atom is -0.455 e. The van der Waals surface area contributed by atoms with Gasteiger partial charge in [-0.2, -0.15) is 0 Å². The molecule has 11 aromatic rings. The zero-order valence-corrected chi connectivity index (χ0v) is 26.2. The van der Waals surface area contributed by atoms with E-state index in [-0.39, 0.29) is 0 Å². The molecule has 0 N–H and O–H groups in total. The zero-order chi connectivity index (χ0) is 31.8. The molecule has 0 saturated carbocycles. The van der Waals surface area contributed by atoms with E-state index in [0.29, 0.717) is 0 Å². The lowest BCUT2D eigenvalue weighted by molar-refractivity contribution is 0.665. The molecule has 0 atom stereocenters. The summed E-state index contributed by atoms with van der Waals surface area (Å²) in [6, 6.07) is 54.5. The summed E-state index contributed by atoms with van der Waals surface area (Å²) in [5, 5.41) is 9.17. The number of rotatable bonds is 2. The van der Waals surface area contributed by atoms with Crippen LogP contribution >= 0.6 is 0 Å². The van der Waals surface area contributed by atoms with Gasteiger partial charge in [-0.15, -0.1) is 0 Å². The normalized spacial score (nSPS) is 12.5. The summed E-state index contributed by atoms with van der Waals surface area (Å²) in [6.07, 6.45) is 0. The molecule has 0 saturated heterocycles. The Balaban J connectivity index is 1.21. The molecule has 3 heteroatoms. The molecule has 226 valence electrons. The second-order valence-electron chi connectivity index (χ2n) is 13.2. The van der Waals surface area contributed by atoms with Crippen LogP contribution in [0.5, 0.6) is 0 Å². The lowest BCUT2D eigenvalue weighted by Crippen LogP contribution is -1.95. The summed E-state index contributed by atoms with van der Waals surface area (Å²) < 4.78 is 15.9. The molecule has 3 heterocycles. The van der Waals surface area contributed by atoms with Gasteiger partial charge in [-0.1, -0.05) is 121 Å². The Bertz CT molecular complexity index is 3160. The quantitative estimate of drug-likeness (QED) is 0.192. The van der Waals surface area contributed by atoms with Crippen molar-refractivity contribution in [1.82, 2.24) is 4.57 Å². The average molecular weight is 624 g/mol. The molecule has 3 nitrogen and oxygen atoms in total. The molecule has 3 aromatic heterocycles. The SMILES string of the molecule is c1cc(-c2ccc3c4c(cccc24)-c2ccccc2-3)cc(-n2c3ccccc3c3c4oc5ccccc5c4c4oc5ccccc5c4c32)c1. The monoisotopic (exact) mass is 623 g/mol. The highest BCUT2D eigenvalue weighted by atomic mass is 16.3. The van der Waals surface area contributed by atoms with Gasteiger partial charge in [-0.25, -0.2) is 0 Å². The Morgan fingerprint density at radius 2 is 0.918 bits per heavy atom. The fraction of sp³-hybridized carbons (Fsp3) is 0. The van der Waals surface area contributed by atoms with Crippen molar-refractivity contribution in [3.8, 4) is 39.1 Å². The van der Waals surface area contributed by atoms with Gasteiger partial charge in [0.1, 0.15) is 22.3 Å². The van der Waals surface area contributed by atoms with Gasteiger partial charge in [0.15, 0.2) is 0 Å². The molecular formula is C46H25NO2. The second kappa shape index (κ2) is 9.06. The van der Waals surface area contributed by atoms with Crippen molar-refractivity contribution < 1.29 is 8.83 Å². The zero-order valence-electron chi connectivity index (χ0n) is 26.2. The highest BCUT2D eigenvalue weighted by Gasteiger charge is 2.27. The molecule has 0 amide bonds. The van der Waals surface area contributed by atoms with Gasteiger partial charge in [0.25, 0.3) is 0 Å². The first-order chi connectivity index (χ1) is 24.3. The third kappa shape index (κ3) is 3.17. The van der Waals surface area contributed by atoms with Crippen molar-refractivity contribution in [1.29, 1.82) is 0 Å². The predicted octanol–water partition coefficient (Wildman–Crippen LogP) is 13.1. The molecule has 0 aliphatic heterocycles. The van der Waals surface area contributed by atoms with Crippen molar-refractivity contribution in [3.63, 3.8) is 0 Å². The molecule has 12 rings (SSSR count). The third-order valence-corrected chi connectivity index (χ3v) is 10.7. The van der Waals surface area contributed by atoms with Crippen LogP contribution in [0.15, 0.2) is 160 Å². The molecule has 49 heavy (non-hydrogen) atoms. The number of hydrogen-bond donors (Lipinski definition) is 0. The van der Waals surface area contributed by atoms with E-state index in [2.05, 4.69) is 144 Å². The maximum atomic E-state index is 6.75. The Labute approximate surface area is 279 Å². The van der Waals surface area contributed by atoms with Crippen LogP contribution in [-0.2, 0) is 0 Å². The lowest BCUT2D eigenvalue weighted by atomic mass is 9.94. The summed E-state index contributed by atoms with van der Waals surface area (Å²) in [5.41, 5.74) is 14.4. The number of benzene rings is 8. The second-order valence-corrected chi connectivity index (χ2v) is 13.2. The number of nitrogens with zero attached hydrogens (tertiary/aromatic N) is 1. The number of furan rings is 2. The first-order valence-electron chi connectivity index (χ1n) is 16.8. The summed E-state index contributed by atoms with van der Waals surface area (Å²) in [6.45, 7) is 0. The number of hydrogen-bond acceptors (Lipinski definition) is 2. The van der Waals surface area contributed by atoms with Crippen LogP contribution in [0.3, 0.4) is 0 Å². The molecule has 0 fully saturated rings. The minimum absolute atomic E-state index is 0.861. The van der Waals surface area contributed by atoms with Gasteiger partial charge in [0.05, 0.1) is 27.2 Å². The van der Waals surface area contributed by atoms with Gasteiger partial charge in [0.2, 0.25) is 0 Å². The van der Waals surface area contributed by atoms with Crippen LogP contribution in [-0.4, -0.2) is 4.57 Å². The van der Waals surface area contributed by atoms with Crippen molar-refractivity contribution >= 4 is 76.5 Å². The van der Waals surface area contributed by atoms with E-state index >= 15 is 0 Å². The third-order valence-electron chi connectivity index (χ3n) is 10.7.